The summed E-state index contributed by atoms with van der Waals surface area (Å²) in [6.07, 6.45) is 2.55. The van der Waals surface area contributed by atoms with Crippen LogP contribution in [0.4, 0.5) is 0 Å². The summed E-state index contributed by atoms with van der Waals surface area (Å²) < 4.78 is 28.5. The summed E-state index contributed by atoms with van der Waals surface area (Å²) in [6.45, 7) is 17.2. The number of rotatable bonds is 11. The average molecular weight is 365 g/mol. The van der Waals surface area contributed by atoms with Crippen LogP contribution in [0.5, 0.6) is 0 Å². The van der Waals surface area contributed by atoms with Crippen LogP contribution in [0.1, 0.15) is 6.42 Å². The second-order valence-electron chi connectivity index (χ2n) is 7.73. The highest BCUT2D eigenvalue weighted by Gasteiger charge is 2.39. The van der Waals surface area contributed by atoms with Crippen molar-refractivity contribution in [2.75, 3.05) is 20.0 Å². The summed E-state index contributed by atoms with van der Waals surface area (Å²) in [7, 11) is -5.34. The Hall–Kier alpha value is -0.129. The van der Waals surface area contributed by atoms with E-state index in [1.807, 2.05) is 0 Å². The van der Waals surface area contributed by atoms with Crippen molar-refractivity contribution in [3.05, 3.63) is 12.0 Å². The predicted molar refractivity (Wildman–Crippen MR) is 95.8 cm³/mol. The first-order valence-electron chi connectivity index (χ1n) is 7.91. The van der Waals surface area contributed by atoms with E-state index in [2.05, 4.69) is 45.8 Å². The van der Waals surface area contributed by atoms with E-state index in [-0.39, 0.29) is 6.79 Å². The highest BCUT2D eigenvalue weighted by molar-refractivity contribution is 6.87. The standard InChI is InChI=1S/C14H32O5Si3/c1-20(2,3)18-22(7,19-21(4,5)6)10-8-9-15-13-16-11-14-12-17-14/h11H,8-10,12-13H2,1-7H3/b14-11+. The minimum Gasteiger partial charge on any atom is -0.483 e. The van der Waals surface area contributed by atoms with Crippen molar-refractivity contribution in [1.82, 2.24) is 0 Å². The lowest BCUT2D eigenvalue weighted by atomic mass is 10.5. The summed E-state index contributed by atoms with van der Waals surface area (Å²) in [5.41, 5.74) is 0. The zero-order chi connectivity index (χ0) is 16.9. The molecule has 130 valence electrons. The van der Waals surface area contributed by atoms with Gasteiger partial charge in [-0.1, -0.05) is 0 Å². The van der Waals surface area contributed by atoms with Crippen molar-refractivity contribution in [3.8, 4) is 0 Å². The van der Waals surface area contributed by atoms with Gasteiger partial charge in [0, 0.05) is 0 Å². The molecule has 0 spiro atoms. The lowest BCUT2D eigenvalue weighted by Gasteiger charge is -2.38. The summed E-state index contributed by atoms with van der Waals surface area (Å²) in [6, 6.07) is 0.964. The van der Waals surface area contributed by atoms with Crippen molar-refractivity contribution in [2.24, 2.45) is 0 Å². The van der Waals surface area contributed by atoms with E-state index < -0.39 is 25.2 Å². The third-order valence-corrected chi connectivity index (χ3v) is 12.3. The Bertz CT molecular complexity index is 352. The second kappa shape index (κ2) is 8.11. The number of epoxide rings is 1. The van der Waals surface area contributed by atoms with E-state index in [4.69, 9.17) is 22.4 Å². The second-order valence-corrected chi connectivity index (χ2v) is 20.6. The van der Waals surface area contributed by atoms with Crippen LogP contribution in [-0.4, -0.2) is 45.2 Å². The highest BCUT2D eigenvalue weighted by atomic mass is 28.5. The predicted octanol–water partition coefficient (Wildman–Crippen LogP) is 4.01. The van der Waals surface area contributed by atoms with Crippen molar-refractivity contribution in [2.45, 2.75) is 58.3 Å². The van der Waals surface area contributed by atoms with Crippen LogP contribution >= 0.6 is 0 Å². The Labute approximate surface area is 138 Å². The molecule has 0 amide bonds. The van der Waals surface area contributed by atoms with Crippen molar-refractivity contribution in [3.63, 3.8) is 0 Å². The lowest BCUT2D eigenvalue weighted by molar-refractivity contribution is -0.0121. The van der Waals surface area contributed by atoms with Gasteiger partial charge in [-0.05, 0) is 58.3 Å². The first kappa shape index (κ1) is 19.9. The van der Waals surface area contributed by atoms with Crippen molar-refractivity contribution >= 4 is 25.2 Å². The van der Waals surface area contributed by atoms with Gasteiger partial charge in [0.05, 0.1) is 6.61 Å². The average Bonchev–Trinajstić information content (AvgIpc) is 3.06. The fraction of sp³-hybridized carbons (Fsp3) is 0.857. The van der Waals surface area contributed by atoms with Crippen LogP contribution in [0, 0.1) is 0 Å². The normalized spacial score (nSPS) is 17.5. The van der Waals surface area contributed by atoms with Crippen LogP contribution in [0.3, 0.4) is 0 Å². The van der Waals surface area contributed by atoms with Crippen LogP contribution in [-0.2, 0) is 22.4 Å². The van der Waals surface area contributed by atoms with Gasteiger partial charge in [-0.25, -0.2) is 0 Å². The van der Waals surface area contributed by atoms with Gasteiger partial charge in [0.1, 0.15) is 12.9 Å². The van der Waals surface area contributed by atoms with Crippen molar-refractivity contribution < 1.29 is 22.4 Å². The van der Waals surface area contributed by atoms with E-state index in [0.717, 1.165) is 18.2 Å². The Balaban J connectivity index is 2.31. The molecule has 0 bridgehead atoms. The van der Waals surface area contributed by atoms with Gasteiger partial charge in [-0.2, -0.15) is 0 Å². The maximum Gasteiger partial charge on any atom is 0.314 e. The number of hydrogen-bond donors (Lipinski definition) is 0. The van der Waals surface area contributed by atoms with Gasteiger partial charge in [0.25, 0.3) is 0 Å². The van der Waals surface area contributed by atoms with Gasteiger partial charge in [0.2, 0.25) is 0 Å². The quantitative estimate of drug-likeness (QED) is 0.182. The topological polar surface area (TPSA) is 49.5 Å². The first-order valence-corrected chi connectivity index (χ1v) is 17.2. The lowest BCUT2D eigenvalue weighted by Crippen LogP contribution is -2.52. The SMILES string of the molecule is C[Si](C)(C)O[Si](C)(CCCOCO/C=C1\CO1)O[Si](C)(C)C. The molecule has 1 saturated heterocycles. The third kappa shape index (κ3) is 10.6. The van der Waals surface area contributed by atoms with E-state index in [1.165, 1.54) is 0 Å². The van der Waals surface area contributed by atoms with Gasteiger partial charge in [-0.15, -0.1) is 0 Å². The molecule has 0 aromatic carbocycles. The van der Waals surface area contributed by atoms with Gasteiger partial charge >= 0.3 is 8.56 Å². The third-order valence-electron chi connectivity index (χ3n) is 2.64. The first-order chi connectivity index (χ1) is 9.99. The van der Waals surface area contributed by atoms with E-state index >= 15 is 0 Å². The molecule has 0 aromatic rings. The molecule has 0 unspecified atom stereocenters. The summed E-state index contributed by atoms with van der Waals surface area (Å²) in [5.74, 6) is 0.885. The molecule has 1 aliphatic heterocycles. The molecular weight excluding hydrogens is 332 g/mol. The minimum absolute atomic E-state index is 0.273. The minimum atomic E-state index is -2.13. The van der Waals surface area contributed by atoms with Gasteiger partial charge in [0.15, 0.2) is 29.2 Å². The maximum atomic E-state index is 6.45. The molecule has 1 fully saturated rings. The molecule has 0 saturated carbocycles. The molecule has 22 heavy (non-hydrogen) atoms. The summed E-state index contributed by atoms with van der Waals surface area (Å²) in [4.78, 5) is 0. The number of ether oxygens (including phenoxy) is 3. The smallest absolute Gasteiger partial charge is 0.314 e. The molecule has 8 heteroatoms. The molecule has 0 atom stereocenters. The summed E-state index contributed by atoms with van der Waals surface area (Å²) in [5, 5.41) is 0. The molecule has 0 N–H and O–H groups in total. The fourth-order valence-electron chi connectivity index (χ4n) is 2.26. The van der Waals surface area contributed by atoms with E-state index in [0.29, 0.717) is 13.2 Å². The van der Waals surface area contributed by atoms with E-state index in [1.54, 1.807) is 6.26 Å². The van der Waals surface area contributed by atoms with Crippen molar-refractivity contribution in [1.29, 1.82) is 0 Å². The molecule has 5 nitrogen and oxygen atoms in total. The Morgan fingerprint density at radius 3 is 2.00 bits per heavy atom. The van der Waals surface area contributed by atoms with Crippen LogP contribution in [0.2, 0.25) is 51.9 Å². The Morgan fingerprint density at radius 1 is 1.00 bits per heavy atom. The Kier molecular flexibility index (Phi) is 7.34. The highest BCUT2D eigenvalue weighted by Crippen LogP contribution is 2.25. The molecule has 0 radical (unpaired) electrons. The molecule has 0 aromatic heterocycles. The molecule has 1 aliphatic rings. The molecule has 0 aliphatic carbocycles. The van der Waals surface area contributed by atoms with E-state index in [9.17, 15) is 0 Å². The largest absolute Gasteiger partial charge is 0.483 e. The molecular formula is C14H32O5Si3. The van der Waals surface area contributed by atoms with Crippen LogP contribution < -0.4 is 0 Å². The molecule has 1 rings (SSSR count). The maximum absolute atomic E-state index is 6.45. The Morgan fingerprint density at radius 2 is 1.55 bits per heavy atom. The fourth-order valence-corrected chi connectivity index (χ4v) is 14.8. The zero-order valence-corrected chi connectivity index (χ0v) is 18.2. The molecule has 1 heterocycles. The number of hydrogen-bond acceptors (Lipinski definition) is 5. The van der Waals surface area contributed by atoms with Crippen LogP contribution in [0.15, 0.2) is 12.0 Å². The van der Waals surface area contributed by atoms with Crippen LogP contribution in [0.25, 0.3) is 0 Å². The van der Waals surface area contributed by atoms with Gasteiger partial charge < -0.3 is 22.4 Å². The summed E-state index contributed by atoms with van der Waals surface area (Å²) >= 11 is 0. The zero-order valence-electron chi connectivity index (χ0n) is 15.2. The monoisotopic (exact) mass is 364 g/mol. The van der Waals surface area contributed by atoms with Gasteiger partial charge in [-0.3, -0.25) is 0 Å².